The maximum atomic E-state index is 12.2. The van der Waals surface area contributed by atoms with E-state index in [1.165, 1.54) is 7.11 Å². The lowest BCUT2D eigenvalue weighted by Crippen LogP contribution is -2.42. The van der Waals surface area contributed by atoms with Gasteiger partial charge in [0.05, 0.1) is 13.2 Å². The second kappa shape index (κ2) is 7.53. The summed E-state index contributed by atoms with van der Waals surface area (Å²) in [5.74, 6) is 2.34. The topological polar surface area (TPSA) is 83.5 Å². The molecule has 116 valence electrons. The third kappa shape index (κ3) is 4.03. The first-order valence-electron chi connectivity index (χ1n) is 6.35. The first kappa shape index (κ1) is 17.6. The van der Waals surface area contributed by atoms with Crippen LogP contribution in [-0.4, -0.2) is 50.0 Å². The summed E-state index contributed by atoms with van der Waals surface area (Å²) in [6, 6.07) is 0. The Labute approximate surface area is 119 Å². The van der Waals surface area contributed by atoms with Gasteiger partial charge in [0.25, 0.3) is 0 Å². The van der Waals surface area contributed by atoms with E-state index in [4.69, 9.17) is 29.5 Å². The highest BCUT2D eigenvalue weighted by Gasteiger charge is 2.49. The van der Waals surface area contributed by atoms with Crippen LogP contribution in [0, 0.1) is 12.3 Å². The molecule has 1 N–H and O–H groups in total. The van der Waals surface area contributed by atoms with Gasteiger partial charge >= 0.3 is 7.82 Å². The van der Waals surface area contributed by atoms with Crippen molar-refractivity contribution in [1.29, 1.82) is 0 Å². The van der Waals surface area contributed by atoms with Crippen molar-refractivity contribution in [2.24, 2.45) is 0 Å². The van der Waals surface area contributed by atoms with Gasteiger partial charge in [-0.3, -0.25) is 13.6 Å². The Morgan fingerprint density at radius 3 is 2.40 bits per heavy atom. The van der Waals surface area contributed by atoms with Crippen LogP contribution in [0.5, 0.6) is 0 Å². The third-order valence-corrected chi connectivity index (χ3v) is 4.41. The molecule has 8 heteroatoms. The quantitative estimate of drug-likeness (QED) is 0.534. The molecule has 1 saturated heterocycles. The van der Waals surface area contributed by atoms with Crippen LogP contribution in [0.4, 0.5) is 0 Å². The van der Waals surface area contributed by atoms with Crippen molar-refractivity contribution in [3.05, 3.63) is 0 Å². The summed E-state index contributed by atoms with van der Waals surface area (Å²) in [6.07, 6.45) is 3.99. The van der Waals surface area contributed by atoms with E-state index in [0.717, 1.165) is 0 Å². The number of phosphoric ester groups is 1. The predicted molar refractivity (Wildman–Crippen MR) is 70.9 cm³/mol. The summed E-state index contributed by atoms with van der Waals surface area (Å²) in [5, 5.41) is 10.00. The highest BCUT2D eigenvalue weighted by molar-refractivity contribution is 7.48. The summed E-state index contributed by atoms with van der Waals surface area (Å²) in [7, 11) is -2.27. The number of ether oxygens (including phenoxy) is 2. The number of hydrogen-bond donors (Lipinski definition) is 1. The minimum absolute atomic E-state index is 0.157. The average molecular weight is 308 g/mol. The lowest BCUT2D eigenvalue weighted by atomic mass is 9.99. The average Bonchev–Trinajstić information content (AvgIpc) is 2.74. The maximum absolute atomic E-state index is 12.2. The minimum Gasteiger partial charge on any atom is -0.389 e. The van der Waals surface area contributed by atoms with Crippen LogP contribution in [-0.2, 0) is 27.6 Å². The van der Waals surface area contributed by atoms with Gasteiger partial charge in [-0.2, -0.15) is 0 Å². The van der Waals surface area contributed by atoms with Crippen molar-refractivity contribution >= 4 is 7.82 Å². The van der Waals surface area contributed by atoms with Crippen LogP contribution < -0.4 is 0 Å². The van der Waals surface area contributed by atoms with Gasteiger partial charge in [-0.05, 0) is 13.8 Å². The molecule has 3 atom stereocenters. The molecule has 0 saturated carbocycles. The second-order valence-corrected chi connectivity index (χ2v) is 5.79. The molecule has 1 fully saturated rings. The SMILES string of the molecule is C#C[C@]1(COP(=O)(OCC)OCC)OC(OC)C[C@@H]1O. The molecule has 0 bridgehead atoms. The van der Waals surface area contributed by atoms with E-state index in [1.807, 2.05) is 0 Å². The zero-order chi connectivity index (χ0) is 15.2. The summed E-state index contributed by atoms with van der Waals surface area (Å²) in [4.78, 5) is 0. The third-order valence-electron chi connectivity index (χ3n) is 2.81. The van der Waals surface area contributed by atoms with Gasteiger partial charge in [-0.25, -0.2) is 4.57 Å². The normalized spacial score (nSPS) is 30.4. The van der Waals surface area contributed by atoms with Crippen LogP contribution in [0.3, 0.4) is 0 Å². The molecule has 0 aromatic carbocycles. The van der Waals surface area contributed by atoms with Gasteiger partial charge in [-0.1, -0.05) is 5.92 Å². The van der Waals surface area contributed by atoms with Gasteiger partial charge < -0.3 is 14.6 Å². The lowest BCUT2D eigenvalue weighted by molar-refractivity contribution is -0.153. The molecule has 20 heavy (non-hydrogen) atoms. The Kier molecular flexibility index (Phi) is 6.62. The van der Waals surface area contributed by atoms with Crippen molar-refractivity contribution < 1.29 is 32.7 Å². The van der Waals surface area contributed by atoms with Crippen LogP contribution in [0.25, 0.3) is 0 Å². The Bertz CT molecular complexity index is 384. The van der Waals surface area contributed by atoms with Crippen molar-refractivity contribution in [1.82, 2.24) is 0 Å². The standard InChI is InChI=1S/C12H21O7P/c1-5-12(10(13)8-11(15-4)19-12)9-18-20(14,16-6-2)17-7-3/h1,10-11,13H,6-9H2,2-4H3/t10-,11?,12+/m0/s1. The lowest BCUT2D eigenvalue weighted by Gasteiger charge is -2.27. The highest BCUT2D eigenvalue weighted by Crippen LogP contribution is 2.50. The first-order valence-corrected chi connectivity index (χ1v) is 7.81. The first-order chi connectivity index (χ1) is 9.45. The summed E-state index contributed by atoms with van der Waals surface area (Å²) < 4.78 is 37.8. The van der Waals surface area contributed by atoms with Crippen LogP contribution in [0.1, 0.15) is 20.3 Å². The van der Waals surface area contributed by atoms with E-state index in [2.05, 4.69) is 5.92 Å². The fraction of sp³-hybridized carbons (Fsp3) is 0.833. The Balaban J connectivity index is 2.74. The second-order valence-electron chi connectivity index (χ2n) is 4.12. The van der Waals surface area contributed by atoms with Crippen molar-refractivity contribution in [2.75, 3.05) is 26.9 Å². The monoisotopic (exact) mass is 308 g/mol. The zero-order valence-corrected chi connectivity index (χ0v) is 12.8. The molecular formula is C12H21O7P. The van der Waals surface area contributed by atoms with Crippen LogP contribution >= 0.6 is 7.82 Å². The number of aliphatic hydroxyl groups is 1. The van der Waals surface area contributed by atoms with Crippen LogP contribution in [0.15, 0.2) is 0 Å². The number of hydrogen-bond acceptors (Lipinski definition) is 7. The highest BCUT2D eigenvalue weighted by atomic mass is 31.2. The largest absolute Gasteiger partial charge is 0.474 e. The van der Waals surface area contributed by atoms with E-state index in [-0.39, 0.29) is 26.2 Å². The number of methoxy groups -OCH3 is 1. The number of phosphoric acid groups is 1. The molecular weight excluding hydrogens is 287 g/mol. The molecule has 0 aromatic rings. The maximum Gasteiger partial charge on any atom is 0.474 e. The molecule has 1 aliphatic heterocycles. The van der Waals surface area contributed by atoms with Gasteiger partial charge in [0.2, 0.25) is 0 Å². The number of aliphatic hydroxyl groups excluding tert-OH is 1. The molecule has 1 unspecified atom stereocenters. The fourth-order valence-corrected chi connectivity index (χ4v) is 2.99. The van der Waals surface area contributed by atoms with Gasteiger partial charge in [-0.15, -0.1) is 6.42 Å². The van der Waals surface area contributed by atoms with Crippen molar-refractivity contribution in [3.8, 4) is 12.3 Å². The van der Waals surface area contributed by atoms with Crippen LogP contribution in [0.2, 0.25) is 0 Å². The molecule has 0 spiro atoms. The summed E-state index contributed by atoms with van der Waals surface area (Å²) >= 11 is 0. The van der Waals surface area contributed by atoms with E-state index in [9.17, 15) is 9.67 Å². The molecule has 7 nitrogen and oxygen atoms in total. The molecule has 0 radical (unpaired) electrons. The molecule has 0 aliphatic carbocycles. The Morgan fingerprint density at radius 2 is 2.00 bits per heavy atom. The van der Waals surface area contributed by atoms with Crippen molar-refractivity contribution in [3.63, 3.8) is 0 Å². The molecule has 0 aromatic heterocycles. The zero-order valence-electron chi connectivity index (χ0n) is 11.9. The smallest absolute Gasteiger partial charge is 0.389 e. The minimum atomic E-state index is -3.71. The van der Waals surface area contributed by atoms with Gasteiger partial charge in [0.1, 0.15) is 12.7 Å². The Hall–Kier alpha value is -0.450. The van der Waals surface area contributed by atoms with Gasteiger partial charge in [0, 0.05) is 13.5 Å². The summed E-state index contributed by atoms with van der Waals surface area (Å²) in [5.41, 5.74) is -1.43. The van der Waals surface area contributed by atoms with Crippen molar-refractivity contribution in [2.45, 2.75) is 38.3 Å². The van der Waals surface area contributed by atoms with Gasteiger partial charge in [0.15, 0.2) is 11.9 Å². The molecule has 1 aliphatic rings. The number of terminal acetylenes is 1. The fourth-order valence-electron chi connectivity index (χ4n) is 1.78. The molecule has 0 amide bonds. The van der Waals surface area contributed by atoms with E-state index < -0.39 is 25.8 Å². The Morgan fingerprint density at radius 1 is 1.40 bits per heavy atom. The number of rotatable bonds is 8. The van der Waals surface area contributed by atoms with E-state index in [1.54, 1.807) is 13.8 Å². The summed E-state index contributed by atoms with van der Waals surface area (Å²) in [6.45, 7) is 3.32. The molecule has 1 heterocycles. The predicted octanol–water partition coefficient (Wildman–Crippen LogP) is 1.31. The van der Waals surface area contributed by atoms with E-state index in [0.29, 0.717) is 0 Å². The van der Waals surface area contributed by atoms with E-state index >= 15 is 0 Å². The molecule has 1 rings (SSSR count).